The molecule has 1 aromatic heterocycles. The highest BCUT2D eigenvalue weighted by Crippen LogP contribution is 2.48. The third-order valence-electron chi connectivity index (χ3n) is 4.82. The predicted molar refractivity (Wildman–Crippen MR) is 96.3 cm³/mol. The summed E-state index contributed by atoms with van der Waals surface area (Å²) < 4.78 is 16.6. The van der Waals surface area contributed by atoms with Crippen molar-refractivity contribution in [1.82, 2.24) is 4.98 Å². The number of methoxy groups -OCH3 is 2. The van der Waals surface area contributed by atoms with Gasteiger partial charge in [0.05, 0.1) is 30.8 Å². The lowest BCUT2D eigenvalue weighted by atomic mass is 9.72. The summed E-state index contributed by atoms with van der Waals surface area (Å²) in [5, 5.41) is 20.7. The number of H-pyrrole nitrogens is 1. The number of nitriles is 1. The van der Waals surface area contributed by atoms with Crippen molar-refractivity contribution in [1.29, 1.82) is 5.26 Å². The number of ether oxygens (including phenoxy) is 3. The molecule has 27 heavy (non-hydrogen) atoms. The first-order chi connectivity index (χ1) is 12.9. The Morgan fingerprint density at radius 3 is 2.56 bits per heavy atom. The molecule has 3 rings (SSSR count). The van der Waals surface area contributed by atoms with Gasteiger partial charge in [-0.2, -0.15) is 5.26 Å². The van der Waals surface area contributed by atoms with E-state index in [9.17, 15) is 15.2 Å². The highest BCUT2D eigenvalue weighted by Gasteiger charge is 2.59. The molecule has 2 heterocycles. The van der Waals surface area contributed by atoms with E-state index < -0.39 is 17.2 Å². The molecule has 0 unspecified atom stereocenters. The fourth-order valence-corrected chi connectivity index (χ4v) is 3.56. The molecule has 2 aromatic rings. The average molecular weight is 371 g/mol. The number of aromatic nitrogens is 1. The number of fused-ring (bicyclic) bond motifs is 1. The standard InChI is InChI=1S/C19H21N3O5/c1-25-10-18(11-26-2)19(21,24)17(13-4-6-16(23)22-9-13)14-7-12(8-20)3-5-15(14)27-18/h3-7,9,17,24H,10-11,21H2,1-2H3,(H,22,23)/t17-,19+/m1/s1. The van der Waals surface area contributed by atoms with Crippen molar-refractivity contribution in [3.8, 4) is 11.8 Å². The van der Waals surface area contributed by atoms with Crippen LogP contribution in [0.15, 0.2) is 41.3 Å². The minimum atomic E-state index is -1.96. The zero-order valence-corrected chi connectivity index (χ0v) is 15.1. The van der Waals surface area contributed by atoms with Crippen molar-refractivity contribution in [2.45, 2.75) is 17.2 Å². The Kier molecular flexibility index (Phi) is 5.04. The molecule has 2 atom stereocenters. The third-order valence-corrected chi connectivity index (χ3v) is 4.82. The van der Waals surface area contributed by atoms with E-state index in [0.717, 1.165) is 0 Å². The molecule has 8 heteroatoms. The van der Waals surface area contributed by atoms with Gasteiger partial charge in [-0.15, -0.1) is 0 Å². The lowest BCUT2D eigenvalue weighted by molar-refractivity contribution is -0.198. The van der Waals surface area contributed by atoms with Crippen LogP contribution in [-0.4, -0.2) is 48.8 Å². The molecule has 0 amide bonds. The first kappa shape index (κ1) is 19.1. The van der Waals surface area contributed by atoms with Crippen molar-refractivity contribution < 1.29 is 19.3 Å². The zero-order chi connectivity index (χ0) is 19.7. The number of hydrogen-bond acceptors (Lipinski definition) is 7. The Labute approximate surface area is 156 Å². The van der Waals surface area contributed by atoms with Crippen LogP contribution in [0.2, 0.25) is 0 Å². The molecule has 0 fully saturated rings. The van der Waals surface area contributed by atoms with Crippen molar-refractivity contribution >= 4 is 0 Å². The Morgan fingerprint density at radius 1 is 1.30 bits per heavy atom. The average Bonchev–Trinajstić information content (AvgIpc) is 2.64. The molecule has 0 aliphatic carbocycles. The van der Waals surface area contributed by atoms with E-state index >= 15 is 0 Å². The number of aliphatic hydroxyl groups is 1. The lowest BCUT2D eigenvalue weighted by Gasteiger charge is -2.51. The minimum absolute atomic E-state index is 0.0346. The van der Waals surface area contributed by atoms with Gasteiger partial charge in [-0.3, -0.25) is 10.5 Å². The van der Waals surface area contributed by atoms with Crippen LogP contribution >= 0.6 is 0 Å². The lowest BCUT2D eigenvalue weighted by Crippen LogP contribution is -2.72. The second kappa shape index (κ2) is 7.13. The monoisotopic (exact) mass is 371 g/mol. The van der Waals surface area contributed by atoms with Crippen LogP contribution in [0.4, 0.5) is 0 Å². The summed E-state index contributed by atoms with van der Waals surface area (Å²) in [5.74, 6) is -0.342. The molecule has 8 nitrogen and oxygen atoms in total. The predicted octanol–water partition coefficient (Wildman–Crippen LogP) is 0.450. The highest BCUT2D eigenvalue weighted by molar-refractivity contribution is 5.51. The van der Waals surface area contributed by atoms with E-state index in [2.05, 4.69) is 11.1 Å². The summed E-state index contributed by atoms with van der Waals surface area (Å²) in [6.45, 7) is -0.0692. The second-order valence-corrected chi connectivity index (χ2v) is 6.57. The molecule has 0 spiro atoms. The van der Waals surface area contributed by atoms with Gasteiger partial charge < -0.3 is 24.3 Å². The van der Waals surface area contributed by atoms with Gasteiger partial charge in [-0.05, 0) is 23.8 Å². The van der Waals surface area contributed by atoms with Gasteiger partial charge in [0.15, 0.2) is 11.3 Å². The molecule has 1 aromatic carbocycles. The number of rotatable bonds is 5. The molecule has 4 N–H and O–H groups in total. The van der Waals surface area contributed by atoms with Crippen LogP contribution < -0.4 is 16.0 Å². The van der Waals surface area contributed by atoms with E-state index in [-0.39, 0.29) is 18.8 Å². The fourth-order valence-electron chi connectivity index (χ4n) is 3.56. The molecule has 0 saturated heterocycles. The first-order valence-electron chi connectivity index (χ1n) is 8.29. The maximum absolute atomic E-state index is 11.5. The van der Waals surface area contributed by atoms with Crippen molar-refractivity contribution in [2.75, 3.05) is 27.4 Å². The molecule has 0 saturated carbocycles. The molecule has 0 radical (unpaired) electrons. The summed E-state index contributed by atoms with van der Waals surface area (Å²) in [6, 6.07) is 9.90. The molecular formula is C19H21N3O5. The van der Waals surface area contributed by atoms with Crippen LogP contribution in [0.1, 0.15) is 22.6 Å². The van der Waals surface area contributed by atoms with Crippen molar-refractivity contribution in [2.24, 2.45) is 5.73 Å². The Morgan fingerprint density at radius 2 is 2.00 bits per heavy atom. The van der Waals surface area contributed by atoms with Crippen LogP contribution in [0, 0.1) is 11.3 Å². The SMILES string of the molecule is COCC1(COC)Oc2ccc(C#N)cc2[C@@H](c2ccc(=O)[nH]c2)[C@]1(N)O. The van der Waals surface area contributed by atoms with Gasteiger partial charge in [-0.1, -0.05) is 6.07 Å². The van der Waals surface area contributed by atoms with Crippen LogP contribution in [-0.2, 0) is 9.47 Å². The van der Waals surface area contributed by atoms with E-state index in [4.69, 9.17) is 19.9 Å². The van der Waals surface area contributed by atoms with Crippen molar-refractivity contribution in [3.63, 3.8) is 0 Å². The van der Waals surface area contributed by atoms with Gasteiger partial charge in [0.2, 0.25) is 5.56 Å². The Hall–Kier alpha value is -2.70. The number of nitrogens with two attached hydrogens (primary N) is 1. The highest BCUT2D eigenvalue weighted by atomic mass is 16.6. The zero-order valence-electron chi connectivity index (χ0n) is 15.1. The maximum atomic E-state index is 11.5. The molecule has 1 aliphatic heterocycles. The topological polar surface area (TPSA) is 131 Å². The summed E-state index contributed by atoms with van der Waals surface area (Å²) in [5.41, 5.74) is 4.30. The number of pyridine rings is 1. The smallest absolute Gasteiger partial charge is 0.247 e. The number of nitrogens with zero attached hydrogens (tertiary/aromatic N) is 1. The summed E-state index contributed by atoms with van der Waals surface area (Å²) >= 11 is 0. The van der Waals surface area contributed by atoms with Crippen LogP contribution in [0.5, 0.6) is 5.75 Å². The first-order valence-corrected chi connectivity index (χ1v) is 8.29. The van der Waals surface area contributed by atoms with Gasteiger partial charge in [0.25, 0.3) is 0 Å². The van der Waals surface area contributed by atoms with E-state index in [1.807, 2.05) is 0 Å². The van der Waals surface area contributed by atoms with E-state index in [1.165, 1.54) is 26.5 Å². The minimum Gasteiger partial charge on any atom is -0.478 e. The third kappa shape index (κ3) is 3.11. The normalized spacial score (nSPS) is 23.1. The number of aromatic amines is 1. The molecule has 142 valence electrons. The fraction of sp³-hybridized carbons (Fsp3) is 0.368. The number of benzene rings is 1. The maximum Gasteiger partial charge on any atom is 0.247 e. The van der Waals surface area contributed by atoms with Crippen molar-refractivity contribution in [3.05, 3.63) is 63.6 Å². The quantitative estimate of drug-likeness (QED) is 0.650. The Balaban J connectivity index is 2.28. The van der Waals surface area contributed by atoms with Gasteiger partial charge in [-0.25, -0.2) is 0 Å². The summed E-state index contributed by atoms with van der Waals surface area (Å²) in [7, 11) is 2.94. The van der Waals surface area contributed by atoms with E-state index in [0.29, 0.717) is 22.4 Å². The van der Waals surface area contributed by atoms with Gasteiger partial charge in [0.1, 0.15) is 5.75 Å². The molecular weight excluding hydrogens is 350 g/mol. The summed E-state index contributed by atoms with van der Waals surface area (Å²) in [6.07, 6.45) is 1.49. The van der Waals surface area contributed by atoms with E-state index in [1.54, 1.807) is 24.3 Å². The molecule has 0 bridgehead atoms. The van der Waals surface area contributed by atoms with Crippen LogP contribution in [0.25, 0.3) is 0 Å². The van der Waals surface area contributed by atoms with Crippen LogP contribution in [0.3, 0.4) is 0 Å². The number of hydrogen-bond donors (Lipinski definition) is 3. The van der Waals surface area contributed by atoms with Gasteiger partial charge >= 0.3 is 0 Å². The largest absolute Gasteiger partial charge is 0.478 e. The number of nitrogens with one attached hydrogen (secondary N) is 1. The van der Waals surface area contributed by atoms with Gasteiger partial charge in [0, 0.05) is 32.0 Å². The summed E-state index contributed by atoms with van der Waals surface area (Å²) in [4.78, 5) is 14.1. The Bertz CT molecular complexity index is 905. The molecule has 1 aliphatic rings. The second-order valence-electron chi connectivity index (χ2n) is 6.57.